The third-order valence-corrected chi connectivity index (χ3v) is 6.50. The number of carbonyl (C=O) groups is 3. The monoisotopic (exact) mass is 476 g/mol. The van der Waals surface area contributed by atoms with Crippen molar-refractivity contribution in [2.75, 3.05) is 11.9 Å². The fourth-order valence-corrected chi connectivity index (χ4v) is 4.44. The summed E-state index contributed by atoms with van der Waals surface area (Å²) in [5.41, 5.74) is 4.60. The van der Waals surface area contributed by atoms with Gasteiger partial charge in [0.2, 0.25) is 0 Å². The van der Waals surface area contributed by atoms with Crippen LogP contribution in [0.3, 0.4) is 0 Å². The highest BCUT2D eigenvalue weighted by Crippen LogP contribution is 2.44. The number of ether oxygens (including phenoxy) is 1. The van der Waals surface area contributed by atoms with Crippen molar-refractivity contribution in [2.24, 2.45) is 13.0 Å². The average molecular weight is 477 g/mol. The normalized spacial score (nSPS) is 13.9. The van der Waals surface area contributed by atoms with Gasteiger partial charge in [-0.15, -0.1) is 0 Å². The first kappa shape index (κ1) is 24.0. The van der Waals surface area contributed by atoms with E-state index in [4.69, 9.17) is 4.74 Å². The number of hydrogen-bond acceptors (Lipinski definition) is 5. The summed E-state index contributed by atoms with van der Waals surface area (Å²) in [7, 11) is 1.54. The van der Waals surface area contributed by atoms with Crippen LogP contribution in [0.1, 0.15) is 47.8 Å². The molecule has 182 valence electrons. The molecular weight excluding hydrogens is 448 g/mol. The lowest BCUT2D eigenvalue weighted by Crippen LogP contribution is -2.45. The molecule has 1 aliphatic carbocycles. The van der Waals surface area contributed by atoms with E-state index in [-0.39, 0.29) is 29.8 Å². The summed E-state index contributed by atoms with van der Waals surface area (Å²) in [4.78, 5) is 37.2. The molecule has 0 fully saturated rings. The molecule has 0 saturated carbocycles. The zero-order valence-corrected chi connectivity index (χ0v) is 19.8. The predicted octanol–water partition coefficient (Wildman–Crippen LogP) is 4.01. The molecule has 0 saturated heterocycles. The lowest BCUT2D eigenvalue weighted by atomic mass is 9.98. The highest BCUT2D eigenvalue weighted by atomic mass is 16.5. The van der Waals surface area contributed by atoms with Gasteiger partial charge in [-0.2, -0.15) is 5.10 Å². The number of anilines is 1. The second-order valence-corrected chi connectivity index (χ2v) is 8.66. The van der Waals surface area contributed by atoms with Crippen LogP contribution in [0.25, 0.3) is 11.1 Å². The summed E-state index contributed by atoms with van der Waals surface area (Å²) in [6, 6.07) is 15.0. The number of rotatable bonds is 8. The minimum absolute atomic E-state index is 0.0352. The Morgan fingerprint density at radius 1 is 1.09 bits per heavy atom. The molecule has 1 heterocycles. The second-order valence-electron chi connectivity index (χ2n) is 8.66. The SMILES string of the molecule is CCC(C)[C@H](NC(=O)c1c(NC(=O)OCC2c3ccccc3-c3ccccc32)cnn1C)C(=O)O. The number of amides is 2. The Kier molecular flexibility index (Phi) is 6.86. The van der Waals surface area contributed by atoms with Gasteiger partial charge in [-0.05, 0) is 28.2 Å². The Morgan fingerprint density at radius 2 is 1.69 bits per heavy atom. The van der Waals surface area contributed by atoms with E-state index in [0.29, 0.717) is 6.42 Å². The van der Waals surface area contributed by atoms with Crippen LogP contribution in [0.15, 0.2) is 54.7 Å². The topological polar surface area (TPSA) is 123 Å². The van der Waals surface area contributed by atoms with Crippen LogP contribution >= 0.6 is 0 Å². The maximum atomic E-state index is 12.9. The molecule has 0 radical (unpaired) electrons. The number of aryl methyl sites for hydroxylation is 1. The van der Waals surface area contributed by atoms with Crippen molar-refractivity contribution >= 4 is 23.7 Å². The van der Waals surface area contributed by atoms with Crippen LogP contribution in [0.4, 0.5) is 10.5 Å². The Morgan fingerprint density at radius 3 is 2.26 bits per heavy atom. The molecule has 2 aromatic carbocycles. The number of aliphatic carboxylic acids is 1. The van der Waals surface area contributed by atoms with Crippen molar-refractivity contribution in [2.45, 2.75) is 32.2 Å². The van der Waals surface area contributed by atoms with E-state index in [0.717, 1.165) is 22.3 Å². The van der Waals surface area contributed by atoms with Crippen LogP contribution < -0.4 is 10.6 Å². The summed E-state index contributed by atoms with van der Waals surface area (Å²) in [6.07, 6.45) is 1.17. The van der Waals surface area contributed by atoms with Crippen molar-refractivity contribution < 1.29 is 24.2 Å². The number of nitrogens with one attached hydrogen (secondary N) is 2. The second kappa shape index (κ2) is 10.0. The zero-order chi connectivity index (χ0) is 25.1. The number of carbonyl (C=O) groups excluding carboxylic acids is 2. The van der Waals surface area contributed by atoms with Crippen molar-refractivity contribution in [3.8, 4) is 11.1 Å². The molecule has 3 aromatic rings. The van der Waals surface area contributed by atoms with Crippen LogP contribution in [-0.2, 0) is 16.6 Å². The first-order chi connectivity index (χ1) is 16.8. The summed E-state index contributed by atoms with van der Waals surface area (Å²) in [6.45, 7) is 3.72. The van der Waals surface area contributed by atoms with E-state index >= 15 is 0 Å². The number of fused-ring (bicyclic) bond motifs is 3. The van der Waals surface area contributed by atoms with E-state index in [2.05, 4.69) is 27.9 Å². The van der Waals surface area contributed by atoms with Gasteiger partial charge in [0.1, 0.15) is 18.3 Å². The number of carboxylic acid groups (broad SMARTS) is 1. The fourth-order valence-electron chi connectivity index (χ4n) is 4.44. The van der Waals surface area contributed by atoms with Gasteiger partial charge in [-0.25, -0.2) is 9.59 Å². The lowest BCUT2D eigenvalue weighted by molar-refractivity contribution is -0.140. The van der Waals surface area contributed by atoms with Gasteiger partial charge in [-0.3, -0.25) is 14.8 Å². The van der Waals surface area contributed by atoms with Gasteiger partial charge >= 0.3 is 12.1 Å². The third-order valence-electron chi connectivity index (χ3n) is 6.50. The van der Waals surface area contributed by atoms with Gasteiger partial charge in [-0.1, -0.05) is 68.8 Å². The molecule has 0 aliphatic heterocycles. The summed E-state index contributed by atoms with van der Waals surface area (Å²) >= 11 is 0. The van der Waals surface area contributed by atoms with Crippen LogP contribution in [-0.4, -0.2) is 45.5 Å². The minimum atomic E-state index is -1.12. The predicted molar refractivity (Wildman–Crippen MR) is 130 cm³/mol. The Balaban J connectivity index is 1.46. The maximum absolute atomic E-state index is 12.9. The molecule has 2 atom stereocenters. The number of carboxylic acids is 1. The van der Waals surface area contributed by atoms with Gasteiger partial charge in [0.05, 0.1) is 11.9 Å². The maximum Gasteiger partial charge on any atom is 0.411 e. The molecule has 9 nitrogen and oxygen atoms in total. The van der Waals surface area contributed by atoms with Crippen molar-refractivity contribution in [1.29, 1.82) is 0 Å². The van der Waals surface area contributed by atoms with E-state index in [1.807, 2.05) is 43.3 Å². The number of hydrogen-bond donors (Lipinski definition) is 3. The molecule has 1 aromatic heterocycles. The van der Waals surface area contributed by atoms with Gasteiger partial charge in [0.15, 0.2) is 0 Å². The molecule has 35 heavy (non-hydrogen) atoms. The first-order valence-corrected chi connectivity index (χ1v) is 11.5. The smallest absolute Gasteiger partial charge is 0.411 e. The van der Waals surface area contributed by atoms with Crippen LogP contribution in [0, 0.1) is 5.92 Å². The van der Waals surface area contributed by atoms with E-state index in [1.165, 1.54) is 17.9 Å². The number of benzene rings is 2. The molecule has 1 aliphatic rings. The van der Waals surface area contributed by atoms with Crippen molar-refractivity contribution in [1.82, 2.24) is 15.1 Å². The third kappa shape index (κ3) is 4.75. The molecular formula is C26H28N4O5. The summed E-state index contributed by atoms with van der Waals surface area (Å²) in [5.74, 6) is -2.15. The molecule has 2 amide bonds. The van der Waals surface area contributed by atoms with E-state index < -0.39 is 24.0 Å². The summed E-state index contributed by atoms with van der Waals surface area (Å²) in [5, 5.41) is 18.6. The molecule has 9 heteroatoms. The quantitative estimate of drug-likeness (QED) is 0.452. The largest absolute Gasteiger partial charge is 0.480 e. The average Bonchev–Trinajstić information content (AvgIpc) is 3.37. The van der Waals surface area contributed by atoms with E-state index in [1.54, 1.807) is 6.92 Å². The van der Waals surface area contributed by atoms with Gasteiger partial charge in [0.25, 0.3) is 5.91 Å². The van der Waals surface area contributed by atoms with E-state index in [9.17, 15) is 19.5 Å². The highest BCUT2D eigenvalue weighted by Gasteiger charge is 2.30. The molecule has 3 N–H and O–H groups in total. The van der Waals surface area contributed by atoms with Crippen molar-refractivity contribution in [3.63, 3.8) is 0 Å². The minimum Gasteiger partial charge on any atom is -0.480 e. The highest BCUT2D eigenvalue weighted by molar-refractivity contribution is 6.02. The molecule has 1 unspecified atom stereocenters. The van der Waals surface area contributed by atoms with Crippen LogP contribution in [0.2, 0.25) is 0 Å². The van der Waals surface area contributed by atoms with Gasteiger partial charge in [0, 0.05) is 13.0 Å². The molecule has 4 rings (SSSR count). The molecule has 0 spiro atoms. The van der Waals surface area contributed by atoms with Crippen LogP contribution in [0.5, 0.6) is 0 Å². The lowest BCUT2D eigenvalue weighted by Gasteiger charge is -2.20. The summed E-state index contributed by atoms with van der Waals surface area (Å²) < 4.78 is 6.83. The molecule has 0 bridgehead atoms. The standard InChI is InChI=1S/C26H28N4O5/c1-4-15(2)22(25(32)33)29-24(31)23-21(13-27-30(23)3)28-26(34)35-14-20-18-11-7-5-9-16(18)17-10-6-8-12-19(17)20/h5-13,15,20,22H,4,14H2,1-3H3,(H,28,34)(H,29,31)(H,32,33)/t15?,22-/m0/s1. The van der Waals surface area contributed by atoms with Crippen molar-refractivity contribution in [3.05, 3.63) is 71.5 Å². The van der Waals surface area contributed by atoms with Gasteiger partial charge < -0.3 is 15.2 Å². The number of aromatic nitrogens is 2. The first-order valence-electron chi connectivity index (χ1n) is 11.5. The zero-order valence-electron chi connectivity index (χ0n) is 19.8. The Labute approximate surface area is 203 Å². The Hall–Kier alpha value is -4.14. The fraction of sp³-hybridized carbons (Fsp3) is 0.308. The Bertz CT molecular complexity index is 1220. The number of nitrogens with zero attached hydrogens (tertiary/aromatic N) is 2.